The molecule has 6 nitrogen and oxygen atoms in total. The molecular formula is C30H28Cl2N2O4. The van der Waals surface area contributed by atoms with Crippen molar-refractivity contribution in [2.24, 2.45) is 11.8 Å². The number of hydrogen-bond donors (Lipinski definition) is 2. The summed E-state index contributed by atoms with van der Waals surface area (Å²) in [5.41, 5.74) is 1.19. The maximum Gasteiger partial charge on any atom is 0.412 e. The van der Waals surface area contributed by atoms with Crippen LogP contribution in [0.2, 0.25) is 5.02 Å². The van der Waals surface area contributed by atoms with Gasteiger partial charge in [-0.15, -0.1) is 0 Å². The molecule has 0 bridgehead atoms. The highest BCUT2D eigenvalue weighted by Gasteiger charge is 2.56. The molecule has 0 radical (unpaired) electrons. The van der Waals surface area contributed by atoms with Gasteiger partial charge in [-0.05, 0) is 80.5 Å². The van der Waals surface area contributed by atoms with Crippen LogP contribution >= 0.6 is 23.2 Å². The van der Waals surface area contributed by atoms with Crippen molar-refractivity contribution in [1.29, 1.82) is 0 Å². The molecule has 2 aliphatic carbocycles. The minimum atomic E-state index is -1.10. The number of allylic oxidation sites excluding steroid dienone is 5. The van der Waals surface area contributed by atoms with Gasteiger partial charge in [0.1, 0.15) is 5.60 Å². The number of nitrogens with one attached hydrogen (secondary N) is 2. The van der Waals surface area contributed by atoms with E-state index in [0.717, 1.165) is 5.56 Å². The van der Waals surface area contributed by atoms with Crippen molar-refractivity contribution in [2.45, 2.75) is 44.6 Å². The summed E-state index contributed by atoms with van der Waals surface area (Å²) in [6.07, 6.45) is 7.65. The molecule has 2 aromatic rings. The molecule has 0 saturated heterocycles. The van der Waals surface area contributed by atoms with Crippen LogP contribution in [-0.2, 0) is 19.7 Å². The molecule has 1 unspecified atom stereocenters. The summed E-state index contributed by atoms with van der Waals surface area (Å²) in [5.74, 6) is -0.735. The molecule has 5 rings (SSSR count). The number of ether oxygens (including phenoxy) is 1. The molecule has 8 heteroatoms. The molecular weight excluding hydrogens is 523 g/mol. The topological polar surface area (TPSA) is 84.5 Å². The van der Waals surface area contributed by atoms with Gasteiger partial charge in [-0.25, -0.2) is 4.79 Å². The van der Waals surface area contributed by atoms with Gasteiger partial charge < -0.3 is 10.1 Å². The third-order valence-electron chi connectivity index (χ3n) is 7.12. The maximum absolute atomic E-state index is 13.8. The fourth-order valence-corrected chi connectivity index (χ4v) is 6.01. The van der Waals surface area contributed by atoms with Crippen molar-refractivity contribution in [3.05, 3.63) is 88.0 Å². The van der Waals surface area contributed by atoms with Gasteiger partial charge in [0.2, 0.25) is 5.91 Å². The average molecular weight is 551 g/mol. The summed E-state index contributed by atoms with van der Waals surface area (Å²) in [6, 6.07) is 12.4. The summed E-state index contributed by atoms with van der Waals surface area (Å²) in [4.78, 5) is 39.8. The monoisotopic (exact) mass is 550 g/mol. The molecule has 3 aliphatic rings. The lowest BCUT2D eigenvalue weighted by Crippen LogP contribution is -2.47. The highest BCUT2D eigenvalue weighted by molar-refractivity contribution is 6.31. The number of benzene rings is 2. The van der Waals surface area contributed by atoms with E-state index in [4.69, 9.17) is 27.9 Å². The minimum Gasteiger partial charge on any atom is -0.444 e. The van der Waals surface area contributed by atoms with Gasteiger partial charge in [0.05, 0.1) is 5.41 Å². The van der Waals surface area contributed by atoms with Crippen molar-refractivity contribution < 1.29 is 19.1 Å². The van der Waals surface area contributed by atoms with E-state index in [2.05, 4.69) is 10.6 Å². The molecule has 38 heavy (non-hydrogen) atoms. The summed E-state index contributed by atoms with van der Waals surface area (Å²) in [6.45, 7) is 5.35. The summed E-state index contributed by atoms with van der Waals surface area (Å²) >= 11 is 12.6. The molecule has 2 amide bonds. The molecule has 1 aliphatic heterocycles. The van der Waals surface area contributed by atoms with Gasteiger partial charge in [0, 0.05) is 33.4 Å². The fraction of sp³-hybridized carbons (Fsp3) is 0.300. The van der Waals surface area contributed by atoms with Gasteiger partial charge in [0.25, 0.3) is 0 Å². The van der Waals surface area contributed by atoms with Crippen molar-refractivity contribution in [2.75, 3.05) is 10.6 Å². The van der Waals surface area contributed by atoms with Gasteiger partial charge in [0.15, 0.2) is 5.78 Å². The predicted octanol–water partition coefficient (Wildman–Crippen LogP) is 7.25. The molecule has 196 valence electrons. The molecule has 0 saturated carbocycles. The van der Waals surface area contributed by atoms with Crippen molar-refractivity contribution in [1.82, 2.24) is 0 Å². The standard InChI is InChI=1S/C30H28Cl2N2O4/c1-29(2,3)38-28(37)33-21-9-5-6-17(13-21)22-16-30(23-11-10-20(32)14-25(23)34-27(30)36)24(15-26(22)35)18-7-4-8-19(31)12-18/h4-11,13-14,16,18,24H,12,15H2,1-3H3,(H,33,37)(H,34,36)/t18?,24-,30-/m0/s1. The smallest absolute Gasteiger partial charge is 0.412 e. The van der Waals surface area contributed by atoms with E-state index in [1.807, 2.05) is 24.3 Å². The first-order chi connectivity index (χ1) is 18.0. The Labute approximate surface area is 231 Å². The van der Waals surface area contributed by atoms with E-state index in [-0.39, 0.29) is 29.9 Å². The maximum atomic E-state index is 13.8. The van der Waals surface area contributed by atoms with Crippen LogP contribution in [0, 0.1) is 11.8 Å². The Morgan fingerprint density at radius 1 is 1.11 bits per heavy atom. The summed E-state index contributed by atoms with van der Waals surface area (Å²) in [5, 5.41) is 6.92. The molecule has 0 aromatic heterocycles. The number of carbonyl (C=O) groups excluding carboxylic acids is 3. The van der Waals surface area contributed by atoms with E-state index >= 15 is 0 Å². The first-order valence-corrected chi connectivity index (χ1v) is 13.2. The number of halogens is 2. The number of ketones is 1. The van der Waals surface area contributed by atoms with Crippen LogP contribution in [0.25, 0.3) is 5.57 Å². The first kappa shape index (κ1) is 26.3. The van der Waals surface area contributed by atoms with Crippen molar-refractivity contribution in [3.63, 3.8) is 0 Å². The summed E-state index contributed by atoms with van der Waals surface area (Å²) in [7, 11) is 0. The van der Waals surface area contributed by atoms with Gasteiger partial charge in [-0.1, -0.05) is 59.6 Å². The lowest BCUT2D eigenvalue weighted by Gasteiger charge is -2.41. The van der Waals surface area contributed by atoms with Crippen LogP contribution in [0.5, 0.6) is 0 Å². The molecule has 2 N–H and O–H groups in total. The second kappa shape index (κ2) is 9.75. The Morgan fingerprint density at radius 2 is 1.89 bits per heavy atom. The zero-order valence-corrected chi connectivity index (χ0v) is 22.8. The van der Waals surface area contributed by atoms with Crippen LogP contribution < -0.4 is 10.6 Å². The molecule has 2 aromatic carbocycles. The quantitative estimate of drug-likeness (QED) is 0.421. The minimum absolute atomic E-state index is 0.0793. The van der Waals surface area contributed by atoms with Crippen LogP contribution in [-0.4, -0.2) is 23.4 Å². The SMILES string of the molecule is CC(C)(C)OC(=O)Nc1cccc(C2=C[C@@]3(C(=O)Nc4cc(Cl)ccc43)[C@H](C3C=CC=C(Cl)C3)CC2=O)c1. The van der Waals surface area contributed by atoms with Gasteiger partial charge in [-0.3, -0.25) is 14.9 Å². The number of rotatable bonds is 3. The van der Waals surface area contributed by atoms with Gasteiger partial charge >= 0.3 is 6.09 Å². The van der Waals surface area contributed by atoms with E-state index in [9.17, 15) is 14.4 Å². The Morgan fingerprint density at radius 3 is 2.63 bits per heavy atom. The fourth-order valence-electron chi connectivity index (χ4n) is 5.59. The summed E-state index contributed by atoms with van der Waals surface area (Å²) < 4.78 is 5.36. The largest absolute Gasteiger partial charge is 0.444 e. The number of carbonyl (C=O) groups is 3. The van der Waals surface area contributed by atoms with Crippen molar-refractivity contribution >= 4 is 57.9 Å². The van der Waals surface area contributed by atoms with Crippen LogP contribution in [0.3, 0.4) is 0 Å². The highest BCUT2D eigenvalue weighted by Crippen LogP contribution is 2.54. The Bertz CT molecular complexity index is 1440. The van der Waals surface area contributed by atoms with Crippen LogP contribution in [0.4, 0.5) is 16.2 Å². The second-order valence-corrected chi connectivity index (χ2v) is 11.8. The van der Waals surface area contributed by atoms with Crippen LogP contribution in [0.15, 0.2) is 71.8 Å². The normalized spacial score (nSPS) is 24.4. The molecule has 3 atom stereocenters. The Hall–Kier alpha value is -3.35. The molecule has 1 heterocycles. The number of hydrogen-bond acceptors (Lipinski definition) is 4. The van der Waals surface area contributed by atoms with E-state index < -0.39 is 17.1 Å². The third kappa shape index (κ3) is 4.91. The Kier molecular flexibility index (Phi) is 6.74. The lowest BCUT2D eigenvalue weighted by molar-refractivity contribution is -0.123. The number of anilines is 2. The predicted molar refractivity (Wildman–Crippen MR) is 150 cm³/mol. The number of fused-ring (bicyclic) bond motifs is 2. The Balaban J connectivity index is 1.60. The van der Waals surface area contributed by atoms with E-state index in [1.54, 1.807) is 63.2 Å². The van der Waals surface area contributed by atoms with Crippen LogP contribution in [0.1, 0.15) is 44.7 Å². The molecule has 0 fully saturated rings. The number of amides is 2. The average Bonchev–Trinajstić information content (AvgIpc) is 3.09. The van der Waals surface area contributed by atoms with E-state index in [1.165, 1.54) is 0 Å². The van der Waals surface area contributed by atoms with E-state index in [0.29, 0.717) is 39.0 Å². The van der Waals surface area contributed by atoms with Gasteiger partial charge in [-0.2, -0.15) is 0 Å². The highest BCUT2D eigenvalue weighted by atomic mass is 35.5. The zero-order chi connectivity index (χ0) is 27.2. The number of Topliss-reactive ketones (excluding diaryl/α,β-unsaturated/α-hetero) is 1. The lowest BCUT2D eigenvalue weighted by atomic mass is 9.59. The first-order valence-electron chi connectivity index (χ1n) is 12.5. The second-order valence-electron chi connectivity index (χ2n) is 10.9. The third-order valence-corrected chi connectivity index (χ3v) is 7.63. The van der Waals surface area contributed by atoms with Crippen molar-refractivity contribution in [3.8, 4) is 0 Å². The molecule has 1 spiro atoms. The zero-order valence-electron chi connectivity index (χ0n) is 21.3.